The van der Waals surface area contributed by atoms with Gasteiger partial charge in [-0.2, -0.15) is 0 Å². The molecule has 6 nitrogen and oxygen atoms in total. The van der Waals surface area contributed by atoms with E-state index in [1.165, 1.54) is 193 Å². The largest absolute Gasteiger partial charge is 0.462 e. The van der Waals surface area contributed by atoms with Gasteiger partial charge in [0.1, 0.15) is 13.2 Å². The van der Waals surface area contributed by atoms with Gasteiger partial charge in [-0.3, -0.25) is 14.4 Å². The maximum Gasteiger partial charge on any atom is 0.306 e. The van der Waals surface area contributed by atoms with Crippen LogP contribution in [0.5, 0.6) is 0 Å². The highest BCUT2D eigenvalue weighted by Gasteiger charge is 2.19. The SMILES string of the molecule is CC/C=C\C/C=C\C/C=C\C/C=C\CCCCCCCCCCCCCCC(=O)OCC(COC(=O)CCCCCCCCCCCCCCC)OC(=O)CCCCCCC/C=C\CCCCCCCCC. The standard InChI is InChI=1S/C66H118O6/c1-4-7-10-13-16-19-22-25-27-29-30-31-32-33-34-35-36-37-39-41-44-47-50-53-56-59-65(68)71-62-63(61-70-64(67)58-55-52-49-46-43-40-24-21-18-15-12-9-6-3)72-66(69)60-57-54-51-48-45-42-38-28-26-23-20-17-14-11-8-5-2/h7,10,16,19,25,27-28,30-31,38,63H,4-6,8-9,11-15,17-18,20-24,26,29,32-37,39-62H2,1-3H3/b10-7-,19-16-,27-25-,31-30-,38-28-. The summed E-state index contributed by atoms with van der Waals surface area (Å²) in [5, 5.41) is 0. The topological polar surface area (TPSA) is 78.9 Å². The van der Waals surface area contributed by atoms with Gasteiger partial charge in [0.05, 0.1) is 0 Å². The third kappa shape index (κ3) is 58.0. The molecule has 0 bridgehead atoms. The van der Waals surface area contributed by atoms with Gasteiger partial charge in [0.15, 0.2) is 6.10 Å². The van der Waals surface area contributed by atoms with Crippen LogP contribution in [0, 0.1) is 0 Å². The van der Waals surface area contributed by atoms with Crippen LogP contribution in [0.1, 0.15) is 323 Å². The minimum Gasteiger partial charge on any atom is -0.462 e. The average Bonchev–Trinajstić information content (AvgIpc) is 3.38. The van der Waals surface area contributed by atoms with Gasteiger partial charge in [-0.25, -0.2) is 0 Å². The Balaban J connectivity index is 4.28. The van der Waals surface area contributed by atoms with Crippen molar-refractivity contribution in [3.8, 4) is 0 Å². The molecule has 0 rings (SSSR count). The summed E-state index contributed by atoms with van der Waals surface area (Å²) in [6.07, 6.45) is 76.5. The first kappa shape index (κ1) is 69.1. The molecule has 418 valence electrons. The van der Waals surface area contributed by atoms with Gasteiger partial charge in [-0.05, 0) is 83.5 Å². The highest BCUT2D eigenvalue weighted by atomic mass is 16.6. The van der Waals surface area contributed by atoms with Crippen molar-refractivity contribution < 1.29 is 28.6 Å². The monoisotopic (exact) mass is 1010 g/mol. The maximum atomic E-state index is 12.9. The molecule has 0 heterocycles. The number of esters is 3. The molecule has 1 unspecified atom stereocenters. The molecule has 0 aromatic heterocycles. The molecular formula is C66H118O6. The predicted octanol–water partition coefficient (Wildman–Crippen LogP) is 21.2. The van der Waals surface area contributed by atoms with Crippen molar-refractivity contribution in [1.82, 2.24) is 0 Å². The third-order valence-corrected chi connectivity index (χ3v) is 13.8. The number of allylic oxidation sites excluding steroid dienone is 10. The van der Waals surface area contributed by atoms with Crippen LogP contribution < -0.4 is 0 Å². The summed E-state index contributed by atoms with van der Waals surface area (Å²) in [7, 11) is 0. The maximum absolute atomic E-state index is 12.9. The van der Waals surface area contributed by atoms with Crippen LogP contribution >= 0.6 is 0 Å². The van der Waals surface area contributed by atoms with Crippen molar-refractivity contribution in [1.29, 1.82) is 0 Å². The summed E-state index contributed by atoms with van der Waals surface area (Å²) in [5.74, 6) is -0.867. The van der Waals surface area contributed by atoms with E-state index >= 15 is 0 Å². The fourth-order valence-electron chi connectivity index (χ4n) is 9.08. The second-order valence-corrected chi connectivity index (χ2v) is 20.9. The third-order valence-electron chi connectivity index (χ3n) is 13.8. The van der Waals surface area contributed by atoms with E-state index in [0.717, 1.165) is 89.9 Å². The van der Waals surface area contributed by atoms with Crippen molar-refractivity contribution in [2.24, 2.45) is 0 Å². The molecule has 72 heavy (non-hydrogen) atoms. The van der Waals surface area contributed by atoms with Crippen LogP contribution in [0.15, 0.2) is 60.8 Å². The van der Waals surface area contributed by atoms with E-state index in [9.17, 15) is 14.4 Å². The molecule has 0 saturated carbocycles. The van der Waals surface area contributed by atoms with Gasteiger partial charge in [0.2, 0.25) is 0 Å². The van der Waals surface area contributed by atoms with E-state index in [1.807, 2.05) is 0 Å². The van der Waals surface area contributed by atoms with Crippen molar-refractivity contribution in [3.63, 3.8) is 0 Å². The van der Waals surface area contributed by atoms with Crippen LogP contribution in [-0.4, -0.2) is 37.2 Å². The number of ether oxygens (including phenoxy) is 3. The Bertz CT molecular complexity index is 1290. The molecule has 0 spiro atoms. The summed E-state index contributed by atoms with van der Waals surface area (Å²) in [5.41, 5.74) is 0. The fraction of sp³-hybridized carbons (Fsp3) is 0.803. The first-order valence-corrected chi connectivity index (χ1v) is 31.3. The molecule has 0 aromatic rings. The van der Waals surface area contributed by atoms with Crippen molar-refractivity contribution in [3.05, 3.63) is 60.8 Å². The molecule has 0 N–H and O–H groups in total. The summed E-state index contributed by atoms with van der Waals surface area (Å²) in [4.78, 5) is 38.2. The lowest BCUT2D eigenvalue weighted by Crippen LogP contribution is -2.30. The van der Waals surface area contributed by atoms with Crippen molar-refractivity contribution in [2.45, 2.75) is 329 Å². The van der Waals surface area contributed by atoms with E-state index in [4.69, 9.17) is 14.2 Å². The summed E-state index contributed by atoms with van der Waals surface area (Å²) >= 11 is 0. The molecule has 0 aliphatic heterocycles. The smallest absolute Gasteiger partial charge is 0.306 e. The highest BCUT2D eigenvalue weighted by Crippen LogP contribution is 2.17. The molecular weight excluding hydrogens is 889 g/mol. The summed E-state index contributed by atoms with van der Waals surface area (Å²) in [6.45, 7) is 6.56. The highest BCUT2D eigenvalue weighted by molar-refractivity contribution is 5.71. The second-order valence-electron chi connectivity index (χ2n) is 20.9. The zero-order valence-electron chi connectivity index (χ0n) is 47.9. The molecule has 1 atom stereocenters. The number of carbonyl (C=O) groups is 3. The number of carbonyl (C=O) groups excluding carboxylic acids is 3. The summed E-state index contributed by atoms with van der Waals surface area (Å²) in [6, 6.07) is 0. The Kier molecular flexibility index (Phi) is 58.2. The Hall–Kier alpha value is -2.89. The Morgan fingerprint density at radius 1 is 0.292 bits per heavy atom. The molecule has 0 amide bonds. The normalized spacial score (nSPS) is 12.4. The van der Waals surface area contributed by atoms with Crippen molar-refractivity contribution in [2.75, 3.05) is 13.2 Å². The van der Waals surface area contributed by atoms with Gasteiger partial charge >= 0.3 is 17.9 Å². The zero-order chi connectivity index (χ0) is 52.2. The second kappa shape index (κ2) is 60.7. The van der Waals surface area contributed by atoms with Crippen LogP contribution in [0.4, 0.5) is 0 Å². The first-order chi connectivity index (χ1) is 35.5. The van der Waals surface area contributed by atoms with E-state index in [1.54, 1.807) is 0 Å². The minimum absolute atomic E-state index is 0.0740. The van der Waals surface area contributed by atoms with E-state index in [2.05, 4.69) is 81.5 Å². The first-order valence-electron chi connectivity index (χ1n) is 31.3. The van der Waals surface area contributed by atoms with Gasteiger partial charge in [0.25, 0.3) is 0 Å². The molecule has 0 radical (unpaired) electrons. The molecule has 6 heteroatoms. The molecule has 0 saturated heterocycles. The quantitative estimate of drug-likeness (QED) is 0.0261. The Labute approximate surface area is 447 Å². The van der Waals surface area contributed by atoms with Gasteiger partial charge in [-0.15, -0.1) is 0 Å². The number of hydrogen-bond acceptors (Lipinski definition) is 6. The lowest BCUT2D eigenvalue weighted by molar-refractivity contribution is -0.167. The predicted molar refractivity (Wildman–Crippen MR) is 312 cm³/mol. The van der Waals surface area contributed by atoms with E-state index < -0.39 is 6.10 Å². The van der Waals surface area contributed by atoms with E-state index in [-0.39, 0.29) is 31.1 Å². The molecule has 0 aliphatic carbocycles. The van der Waals surface area contributed by atoms with Crippen molar-refractivity contribution >= 4 is 17.9 Å². The van der Waals surface area contributed by atoms with Gasteiger partial charge < -0.3 is 14.2 Å². The number of rotatable bonds is 57. The number of unbranched alkanes of at least 4 members (excludes halogenated alkanes) is 36. The lowest BCUT2D eigenvalue weighted by atomic mass is 10.0. The van der Waals surface area contributed by atoms with Crippen LogP contribution in [0.2, 0.25) is 0 Å². The van der Waals surface area contributed by atoms with Gasteiger partial charge in [0, 0.05) is 19.3 Å². The average molecular weight is 1010 g/mol. The molecule has 0 fully saturated rings. The molecule has 0 aromatic carbocycles. The van der Waals surface area contributed by atoms with E-state index in [0.29, 0.717) is 19.3 Å². The summed E-state index contributed by atoms with van der Waals surface area (Å²) < 4.78 is 16.9. The molecule has 0 aliphatic rings. The van der Waals surface area contributed by atoms with Crippen LogP contribution in [-0.2, 0) is 28.6 Å². The van der Waals surface area contributed by atoms with Crippen LogP contribution in [0.3, 0.4) is 0 Å². The Morgan fingerprint density at radius 3 is 0.861 bits per heavy atom. The number of hydrogen-bond donors (Lipinski definition) is 0. The lowest BCUT2D eigenvalue weighted by Gasteiger charge is -2.18. The minimum atomic E-state index is -0.777. The zero-order valence-corrected chi connectivity index (χ0v) is 47.9. The van der Waals surface area contributed by atoms with Crippen LogP contribution in [0.25, 0.3) is 0 Å². The fourth-order valence-corrected chi connectivity index (χ4v) is 9.08. The van der Waals surface area contributed by atoms with Gasteiger partial charge in [-0.1, -0.05) is 281 Å². The Morgan fingerprint density at radius 2 is 0.542 bits per heavy atom.